The second-order valence-corrected chi connectivity index (χ2v) is 3.83. The van der Waals surface area contributed by atoms with Crippen molar-refractivity contribution >= 4 is 15.9 Å². The Kier molecular flexibility index (Phi) is 4.84. The lowest BCUT2D eigenvalue weighted by Crippen LogP contribution is -2.07. The average Bonchev–Trinajstić information content (AvgIpc) is 2.20. The summed E-state index contributed by atoms with van der Waals surface area (Å²) in [5, 5.41) is 0. The number of rotatable bonds is 5. The number of benzene rings is 1. The molecule has 1 rings (SSSR count). The maximum absolute atomic E-state index is 13.5. The second kappa shape index (κ2) is 5.92. The first-order chi connectivity index (χ1) is 7.19. The maximum Gasteiger partial charge on any atom is 0.197 e. The van der Waals surface area contributed by atoms with Crippen LogP contribution >= 0.6 is 15.9 Å². The predicted molar refractivity (Wildman–Crippen MR) is 59.8 cm³/mol. The van der Waals surface area contributed by atoms with Crippen LogP contribution in [0.15, 0.2) is 16.6 Å². The second-order valence-electron chi connectivity index (χ2n) is 2.91. The van der Waals surface area contributed by atoms with E-state index >= 15 is 0 Å². The molecule has 0 radical (unpaired) electrons. The van der Waals surface area contributed by atoms with Crippen LogP contribution in [0, 0.1) is 5.82 Å². The Balaban J connectivity index is 2.84. The van der Waals surface area contributed by atoms with Gasteiger partial charge in [0.05, 0.1) is 13.7 Å². The first-order valence-corrected chi connectivity index (χ1v) is 5.34. The molecule has 0 spiro atoms. The normalized spacial score (nSPS) is 10.1. The van der Waals surface area contributed by atoms with Gasteiger partial charge in [0.25, 0.3) is 0 Å². The van der Waals surface area contributed by atoms with Crippen molar-refractivity contribution < 1.29 is 13.9 Å². The zero-order valence-corrected chi connectivity index (χ0v) is 10.0. The SMILES string of the molecule is COc1cc(Br)cc(F)c1OCCCN. The van der Waals surface area contributed by atoms with Crippen LogP contribution in [0.2, 0.25) is 0 Å². The van der Waals surface area contributed by atoms with Gasteiger partial charge in [-0.25, -0.2) is 4.39 Å². The molecule has 1 aromatic rings. The molecule has 0 saturated carbocycles. The molecule has 0 amide bonds. The molecule has 0 heterocycles. The third-order valence-corrected chi connectivity index (χ3v) is 2.25. The highest BCUT2D eigenvalue weighted by Gasteiger charge is 2.12. The van der Waals surface area contributed by atoms with E-state index in [0.717, 1.165) is 0 Å². The lowest BCUT2D eigenvalue weighted by molar-refractivity contribution is 0.276. The molecule has 0 aliphatic heterocycles. The summed E-state index contributed by atoms with van der Waals surface area (Å²) in [7, 11) is 1.47. The fraction of sp³-hybridized carbons (Fsp3) is 0.400. The zero-order chi connectivity index (χ0) is 11.3. The summed E-state index contributed by atoms with van der Waals surface area (Å²) in [4.78, 5) is 0. The number of hydrogen-bond donors (Lipinski definition) is 1. The summed E-state index contributed by atoms with van der Waals surface area (Å²) in [6, 6.07) is 2.99. The molecule has 3 nitrogen and oxygen atoms in total. The molecule has 0 aliphatic carbocycles. The molecular weight excluding hydrogens is 265 g/mol. The molecule has 2 N–H and O–H groups in total. The summed E-state index contributed by atoms with van der Waals surface area (Å²) in [6.45, 7) is 0.895. The molecule has 5 heteroatoms. The van der Waals surface area contributed by atoms with E-state index in [9.17, 15) is 4.39 Å². The number of methoxy groups -OCH3 is 1. The third kappa shape index (κ3) is 3.35. The van der Waals surface area contributed by atoms with Crippen molar-refractivity contribution in [3.05, 3.63) is 22.4 Å². The van der Waals surface area contributed by atoms with Gasteiger partial charge in [0, 0.05) is 4.47 Å². The predicted octanol–water partition coefficient (Wildman–Crippen LogP) is 2.32. The Morgan fingerprint density at radius 1 is 1.47 bits per heavy atom. The Labute approximate surface area is 96.5 Å². The monoisotopic (exact) mass is 277 g/mol. The van der Waals surface area contributed by atoms with Crippen LogP contribution in [-0.4, -0.2) is 20.3 Å². The van der Waals surface area contributed by atoms with Gasteiger partial charge in [-0.1, -0.05) is 15.9 Å². The minimum absolute atomic E-state index is 0.133. The topological polar surface area (TPSA) is 44.5 Å². The van der Waals surface area contributed by atoms with Crippen LogP contribution in [0.1, 0.15) is 6.42 Å². The van der Waals surface area contributed by atoms with E-state index in [4.69, 9.17) is 15.2 Å². The molecule has 15 heavy (non-hydrogen) atoms. The van der Waals surface area contributed by atoms with Gasteiger partial charge >= 0.3 is 0 Å². The summed E-state index contributed by atoms with van der Waals surface area (Å²) < 4.78 is 24.3. The number of halogens is 2. The maximum atomic E-state index is 13.5. The molecule has 0 fully saturated rings. The minimum atomic E-state index is -0.446. The van der Waals surface area contributed by atoms with Crippen molar-refractivity contribution in [2.75, 3.05) is 20.3 Å². The quantitative estimate of drug-likeness (QED) is 0.841. The number of ether oxygens (including phenoxy) is 2. The van der Waals surface area contributed by atoms with Crippen LogP contribution < -0.4 is 15.2 Å². The first kappa shape index (κ1) is 12.3. The van der Waals surface area contributed by atoms with E-state index in [1.165, 1.54) is 13.2 Å². The molecule has 0 aliphatic rings. The summed E-state index contributed by atoms with van der Waals surface area (Å²) in [5.74, 6) is 0.0614. The third-order valence-electron chi connectivity index (χ3n) is 1.79. The van der Waals surface area contributed by atoms with Crippen LogP contribution in [0.25, 0.3) is 0 Å². The molecule has 0 saturated heterocycles. The minimum Gasteiger partial charge on any atom is -0.493 e. The Morgan fingerprint density at radius 2 is 2.20 bits per heavy atom. The van der Waals surface area contributed by atoms with E-state index in [-0.39, 0.29) is 5.75 Å². The largest absolute Gasteiger partial charge is 0.493 e. The van der Waals surface area contributed by atoms with Gasteiger partial charge in [-0.3, -0.25) is 0 Å². The van der Waals surface area contributed by atoms with Crippen molar-refractivity contribution in [2.45, 2.75) is 6.42 Å². The Hall–Kier alpha value is -0.810. The molecule has 1 aromatic carbocycles. The van der Waals surface area contributed by atoms with E-state index < -0.39 is 5.82 Å². The van der Waals surface area contributed by atoms with Gasteiger partial charge in [0.1, 0.15) is 0 Å². The van der Waals surface area contributed by atoms with Gasteiger partial charge in [0.15, 0.2) is 17.3 Å². The molecule has 0 bridgehead atoms. The Bertz CT molecular complexity index is 333. The first-order valence-electron chi connectivity index (χ1n) is 4.55. The van der Waals surface area contributed by atoms with Gasteiger partial charge < -0.3 is 15.2 Å². The fourth-order valence-electron chi connectivity index (χ4n) is 1.09. The molecule has 84 valence electrons. The standard InChI is InChI=1S/C10H13BrFNO2/c1-14-9-6-7(11)5-8(12)10(9)15-4-2-3-13/h5-6H,2-4,13H2,1H3. The van der Waals surface area contributed by atoms with Crippen LogP contribution in [0.4, 0.5) is 4.39 Å². The van der Waals surface area contributed by atoms with Crippen LogP contribution in [0.5, 0.6) is 11.5 Å². The lowest BCUT2D eigenvalue weighted by Gasteiger charge is -2.11. The van der Waals surface area contributed by atoms with Crippen molar-refractivity contribution in [3.63, 3.8) is 0 Å². The van der Waals surface area contributed by atoms with Crippen molar-refractivity contribution in [1.29, 1.82) is 0 Å². The van der Waals surface area contributed by atoms with Gasteiger partial charge in [0.2, 0.25) is 0 Å². The highest BCUT2D eigenvalue weighted by molar-refractivity contribution is 9.10. The van der Waals surface area contributed by atoms with Crippen molar-refractivity contribution in [1.82, 2.24) is 0 Å². The van der Waals surface area contributed by atoms with E-state index in [1.807, 2.05) is 0 Å². The highest BCUT2D eigenvalue weighted by Crippen LogP contribution is 2.33. The average molecular weight is 278 g/mol. The zero-order valence-electron chi connectivity index (χ0n) is 8.43. The van der Waals surface area contributed by atoms with Crippen molar-refractivity contribution in [3.8, 4) is 11.5 Å². The number of hydrogen-bond acceptors (Lipinski definition) is 3. The summed E-state index contributed by atoms with van der Waals surface area (Å²) in [6.07, 6.45) is 0.679. The van der Waals surface area contributed by atoms with Crippen molar-refractivity contribution in [2.24, 2.45) is 5.73 Å². The molecule has 0 atom stereocenters. The summed E-state index contributed by atoms with van der Waals surface area (Å²) >= 11 is 3.17. The molecule has 0 unspecified atom stereocenters. The molecule has 0 aromatic heterocycles. The van der Waals surface area contributed by atoms with Crippen LogP contribution in [0.3, 0.4) is 0 Å². The fourth-order valence-corrected chi connectivity index (χ4v) is 1.49. The number of nitrogens with two attached hydrogens (primary N) is 1. The molecular formula is C10H13BrFNO2. The van der Waals surface area contributed by atoms with Gasteiger partial charge in [-0.15, -0.1) is 0 Å². The van der Waals surface area contributed by atoms with E-state index in [1.54, 1.807) is 6.07 Å². The van der Waals surface area contributed by atoms with Gasteiger partial charge in [-0.05, 0) is 25.1 Å². The van der Waals surface area contributed by atoms with Crippen LogP contribution in [-0.2, 0) is 0 Å². The van der Waals surface area contributed by atoms with E-state index in [2.05, 4.69) is 15.9 Å². The lowest BCUT2D eigenvalue weighted by atomic mass is 10.3. The summed E-state index contributed by atoms with van der Waals surface area (Å²) in [5.41, 5.74) is 5.31. The smallest absolute Gasteiger partial charge is 0.197 e. The van der Waals surface area contributed by atoms with E-state index in [0.29, 0.717) is 29.8 Å². The van der Waals surface area contributed by atoms with Gasteiger partial charge in [-0.2, -0.15) is 0 Å². The highest BCUT2D eigenvalue weighted by atomic mass is 79.9. The Morgan fingerprint density at radius 3 is 2.80 bits per heavy atom.